The second-order valence-corrected chi connectivity index (χ2v) is 4.89. The van der Waals surface area contributed by atoms with Crippen molar-refractivity contribution < 1.29 is 4.39 Å². The third-order valence-electron chi connectivity index (χ3n) is 3.23. The number of halogens is 1. The highest BCUT2D eigenvalue weighted by molar-refractivity contribution is 5.99. The zero-order chi connectivity index (χ0) is 14.7. The Morgan fingerprint density at radius 1 is 1.50 bits per heavy atom. The molecule has 0 bridgehead atoms. The van der Waals surface area contributed by atoms with Crippen LogP contribution >= 0.6 is 0 Å². The number of benzene rings is 1. The van der Waals surface area contributed by atoms with Gasteiger partial charge in [-0.3, -0.25) is 4.98 Å². The Labute approximate surface area is 117 Å². The van der Waals surface area contributed by atoms with E-state index in [-0.39, 0.29) is 6.04 Å². The van der Waals surface area contributed by atoms with Crippen LogP contribution in [0.4, 0.5) is 15.8 Å². The molecule has 20 heavy (non-hydrogen) atoms. The molecule has 104 valence electrons. The van der Waals surface area contributed by atoms with Crippen LogP contribution in [0.5, 0.6) is 0 Å². The fourth-order valence-electron chi connectivity index (χ4n) is 2.29. The molecule has 0 unspecified atom stereocenters. The summed E-state index contributed by atoms with van der Waals surface area (Å²) in [5.74, 6) is -0.402. The Morgan fingerprint density at radius 3 is 2.90 bits per heavy atom. The van der Waals surface area contributed by atoms with Crippen molar-refractivity contribution in [2.24, 2.45) is 0 Å². The molecule has 4 nitrogen and oxygen atoms in total. The minimum Gasteiger partial charge on any atom is -0.398 e. The van der Waals surface area contributed by atoms with Crippen LogP contribution < -0.4 is 10.6 Å². The molecule has 1 aromatic carbocycles. The van der Waals surface area contributed by atoms with E-state index in [1.54, 1.807) is 12.3 Å². The summed E-state index contributed by atoms with van der Waals surface area (Å²) in [6, 6.07) is 7.07. The number of nitrogen functional groups attached to an aromatic ring is 1. The molecule has 0 fully saturated rings. The molecule has 1 aromatic heterocycles. The van der Waals surface area contributed by atoms with Crippen molar-refractivity contribution in [3.05, 3.63) is 30.2 Å². The number of nitrogens with two attached hydrogens (primary N) is 1. The molecule has 0 amide bonds. The van der Waals surface area contributed by atoms with E-state index in [2.05, 4.69) is 11.1 Å². The lowest BCUT2D eigenvalue weighted by Crippen LogP contribution is -2.32. The number of nitriles is 1. The monoisotopic (exact) mass is 272 g/mol. The van der Waals surface area contributed by atoms with E-state index in [9.17, 15) is 4.39 Å². The number of hydrogen-bond acceptors (Lipinski definition) is 4. The number of aromatic nitrogens is 1. The van der Waals surface area contributed by atoms with Crippen LogP contribution in [0.25, 0.3) is 10.9 Å². The van der Waals surface area contributed by atoms with Crippen molar-refractivity contribution in [1.29, 1.82) is 5.26 Å². The Bertz CT molecular complexity index is 661. The Morgan fingerprint density at radius 2 is 2.25 bits per heavy atom. The molecular weight excluding hydrogens is 255 g/mol. The first-order valence-corrected chi connectivity index (χ1v) is 6.52. The number of hydrogen-bond donors (Lipinski definition) is 1. The molecule has 0 spiro atoms. The molecule has 0 saturated carbocycles. The van der Waals surface area contributed by atoms with Crippen LogP contribution in [-0.4, -0.2) is 17.6 Å². The summed E-state index contributed by atoms with van der Waals surface area (Å²) in [4.78, 5) is 6.12. The zero-order valence-corrected chi connectivity index (χ0v) is 11.6. The van der Waals surface area contributed by atoms with E-state index < -0.39 is 5.82 Å². The van der Waals surface area contributed by atoms with Gasteiger partial charge in [0.2, 0.25) is 0 Å². The van der Waals surface area contributed by atoms with Crippen LogP contribution in [0, 0.1) is 17.1 Å². The van der Waals surface area contributed by atoms with E-state index in [0.29, 0.717) is 29.9 Å². The number of nitrogens with zero attached hydrogens (tertiary/aromatic N) is 3. The van der Waals surface area contributed by atoms with Crippen LogP contribution in [0.15, 0.2) is 24.4 Å². The van der Waals surface area contributed by atoms with Crippen LogP contribution in [0.1, 0.15) is 20.3 Å². The standard InChI is InChI=1S/C15H17FN4/c1-10(2)20(8-4-6-17)15-12(16)9-13(18)11-5-3-7-19-14(11)15/h3,5,7,9-10H,4,8,18H2,1-2H3. The van der Waals surface area contributed by atoms with Gasteiger partial charge in [0.1, 0.15) is 5.69 Å². The molecule has 1 heterocycles. The average molecular weight is 272 g/mol. The molecule has 0 aliphatic rings. The summed E-state index contributed by atoms with van der Waals surface area (Å²) in [6.07, 6.45) is 1.95. The van der Waals surface area contributed by atoms with Crippen LogP contribution in [0.3, 0.4) is 0 Å². The maximum atomic E-state index is 14.4. The molecule has 0 atom stereocenters. The van der Waals surface area contributed by atoms with Gasteiger partial charge in [0.15, 0.2) is 5.82 Å². The van der Waals surface area contributed by atoms with E-state index in [4.69, 9.17) is 11.0 Å². The normalized spacial score (nSPS) is 10.8. The lowest BCUT2D eigenvalue weighted by Gasteiger charge is -2.29. The van der Waals surface area contributed by atoms with Gasteiger partial charge in [0.05, 0.1) is 18.0 Å². The van der Waals surface area contributed by atoms with Crippen LogP contribution in [-0.2, 0) is 0 Å². The van der Waals surface area contributed by atoms with Gasteiger partial charge >= 0.3 is 0 Å². The van der Waals surface area contributed by atoms with Gasteiger partial charge in [-0.1, -0.05) is 0 Å². The molecule has 0 saturated heterocycles. The molecular formula is C15H17FN4. The molecule has 0 aliphatic heterocycles. The van der Waals surface area contributed by atoms with E-state index in [0.717, 1.165) is 5.39 Å². The molecule has 5 heteroatoms. The van der Waals surface area contributed by atoms with Crippen molar-refractivity contribution in [3.8, 4) is 6.07 Å². The van der Waals surface area contributed by atoms with Crippen molar-refractivity contribution in [3.63, 3.8) is 0 Å². The fourth-order valence-corrected chi connectivity index (χ4v) is 2.29. The smallest absolute Gasteiger partial charge is 0.150 e. The SMILES string of the molecule is CC(C)N(CCC#N)c1c(F)cc(N)c2cccnc12. The summed E-state index contributed by atoms with van der Waals surface area (Å²) in [6.45, 7) is 4.38. The van der Waals surface area contributed by atoms with Crippen molar-refractivity contribution in [2.45, 2.75) is 26.3 Å². The molecule has 0 aliphatic carbocycles. The predicted octanol–water partition coefficient (Wildman–Crippen LogP) is 3.08. The maximum Gasteiger partial charge on any atom is 0.150 e. The topological polar surface area (TPSA) is 65.9 Å². The third kappa shape index (κ3) is 2.50. The highest BCUT2D eigenvalue weighted by Crippen LogP contribution is 2.33. The van der Waals surface area contributed by atoms with E-state index in [1.807, 2.05) is 24.8 Å². The van der Waals surface area contributed by atoms with Gasteiger partial charge in [-0.2, -0.15) is 5.26 Å². The highest BCUT2D eigenvalue weighted by Gasteiger charge is 2.20. The van der Waals surface area contributed by atoms with Crippen molar-refractivity contribution in [2.75, 3.05) is 17.2 Å². The van der Waals surface area contributed by atoms with Crippen molar-refractivity contribution in [1.82, 2.24) is 4.98 Å². The third-order valence-corrected chi connectivity index (χ3v) is 3.23. The molecule has 2 N–H and O–H groups in total. The summed E-state index contributed by atoms with van der Waals surface area (Å²) in [5, 5.41) is 9.49. The average Bonchev–Trinajstić information content (AvgIpc) is 2.42. The maximum absolute atomic E-state index is 14.4. The van der Waals surface area contributed by atoms with Crippen LogP contribution in [0.2, 0.25) is 0 Å². The largest absolute Gasteiger partial charge is 0.398 e. The van der Waals surface area contributed by atoms with Gasteiger partial charge in [0.25, 0.3) is 0 Å². The Kier molecular flexibility index (Phi) is 4.04. The van der Waals surface area contributed by atoms with Crippen molar-refractivity contribution >= 4 is 22.3 Å². The van der Waals surface area contributed by atoms with Gasteiger partial charge in [-0.05, 0) is 32.0 Å². The summed E-state index contributed by atoms with van der Waals surface area (Å²) >= 11 is 0. The lowest BCUT2D eigenvalue weighted by molar-refractivity contribution is 0.603. The quantitative estimate of drug-likeness (QED) is 0.869. The minimum atomic E-state index is -0.402. The summed E-state index contributed by atoms with van der Waals surface area (Å²) in [5.41, 5.74) is 7.18. The van der Waals surface area contributed by atoms with E-state index in [1.165, 1.54) is 6.07 Å². The first-order chi connectivity index (χ1) is 9.56. The molecule has 0 radical (unpaired) electrons. The lowest BCUT2D eigenvalue weighted by atomic mass is 10.1. The Balaban J connectivity index is 2.65. The minimum absolute atomic E-state index is 0.0617. The van der Waals surface area contributed by atoms with Gasteiger partial charge < -0.3 is 10.6 Å². The first kappa shape index (κ1) is 14.1. The number of rotatable bonds is 4. The number of fused-ring (bicyclic) bond motifs is 1. The highest BCUT2D eigenvalue weighted by atomic mass is 19.1. The molecule has 2 rings (SSSR count). The second kappa shape index (κ2) is 5.74. The first-order valence-electron chi connectivity index (χ1n) is 6.52. The Hall–Kier alpha value is -2.35. The van der Waals surface area contributed by atoms with Gasteiger partial charge in [-0.25, -0.2) is 4.39 Å². The summed E-state index contributed by atoms with van der Waals surface area (Å²) in [7, 11) is 0. The summed E-state index contributed by atoms with van der Waals surface area (Å²) < 4.78 is 14.4. The predicted molar refractivity (Wildman–Crippen MR) is 78.8 cm³/mol. The molecule has 2 aromatic rings. The number of pyridine rings is 1. The number of anilines is 2. The van der Waals surface area contributed by atoms with Gasteiger partial charge in [-0.15, -0.1) is 0 Å². The fraction of sp³-hybridized carbons (Fsp3) is 0.333. The van der Waals surface area contributed by atoms with Gasteiger partial charge in [0, 0.05) is 29.9 Å². The van der Waals surface area contributed by atoms with E-state index >= 15 is 0 Å². The second-order valence-electron chi connectivity index (χ2n) is 4.89. The zero-order valence-electron chi connectivity index (χ0n) is 11.6.